The number of aliphatic hydroxyl groups excluding tert-OH is 1. The highest BCUT2D eigenvalue weighted by Crippen LogP contribution is 2.11. The minimum absolute atomic E-state index is 0.0780. The quantitative estimate of drug-likeness (QED) is 0.572. The molecule has 5 N–H and O–H groups in total. The van der Waals surface area contributed by atoms with Gasteiger partial charge in [0.1, 0.15) is 6.10 Å². The molecule has 6 heteroatoms. The molecule has 0 bridgehead atoms. The Labute approximate surface area is 97.8 Å². The van der Waals surface area contributed by atoms with Crippen molar-refractivity contribution in [3.05, 3.63) is 30.1 Å². The van der Waals surface area contributed by atoms with Gasteiger partial charge in [0.2, 0.25) is 5.91 Å². The van der Waals surface area contributed by atoms with Gasteiger partial charge >= 0.3 is 0 Å². The van der Waals surface area contributed by atoms with E-state index in [0.29, 0.717) is 6.54 Å². The lowest BCUT2D eigenvalue weighted by molar-refractivity contribution is -0.128. The molecule has 0 spiro atoms. The SMILES string of the molecule is NCC(O)C(=O)NCc1ccc2nc[nH]c2c1. The first-order chi connectivity index (χ1) is 8.20. The van der Waals surface area contributed by atoms with E-state index in [9.17, 15) is 9.90 Å². The average molecular weight is 234 g/mol. The zero-order valence-corrected chi connectivity index (χ0v) is 9.18. The second-order valence-corrected chi connectivity index (χ2v) is 3.72. The molecule has 1 heterocycles. The summed E-state index contributed by atoms with van der Waals surface area (Å²) in [5.41, 5.74) is 7.90. The van der Waals surface area contributed by atoms with Crippen LogP contribution >= 0.6 is 0 Å². The number of carbonyl (C=O) groups is 1. The molecule has 2 rings (SSSR count). The highest BCUT2D eigenvalue weighted by Gasteiger charge is 2.11. The molecule has 1 atom stereocenters. The van der Waals surface area contributed by atoms with Crippen LogP contribution in [0, 0.1) is 0 Å². The van der Waals surface area contributed by atoms with Crippen LogP contribution in [0.4, 0.5) is 0 Å². The summed E-state index contributed by atoms with van der Waals surface area (Å²) in [6.07, 6.45) is 0.469. The summed E-state index contributed by atoms with van der Waals surface area (Å²) >= 11 is 0. The minimum atomic E-state index is -1.15. The van der Waals surface area contributed by atoms with Crippen LogP contribution < -0.4 is 11.1 Å². The molecule has 1 aromatic heterocycles. The van der Waals surface area contributed by atoms with Gasteiger partial charge in [0.05, 0.1) is 17.4 Å². The van der Waals surface area contributed by atoms with Crippen molar-refractivity contribution >= 4 is 16.9 Å². The Morgan fingerprint density at radius 3 is 3.18 bits per heavy atom. The van der Waals surface area contributed by atoms with Gasteiger partial charge < -0.3 is 21.1 Å². The van der Waals surface area contributed by atoms with Crippen molar-refractivity contribution in [3.8, 4) is 0 Å². The van der Waals surface area contributed by atoms with E-state index < -0.39 is 12.0 Å². The molecule has 0 fully saturated rings. The molecule has 0 aliphatic rings. The summed E-state index contributed by atoms with van der Waals surface area (Å²) in [5.74, 6) is -0.461. The summed E-state index contributed by atoms with van der Waals surface area (Å²) in [7, 11) is 0. The fraction of sp³-hybridized carbons (Fsp3) is 0.273. The van der Waals surface area contributed by atoms with Crippen LogP contribution in [-0.4, -0.2) is 33.6 Å². The van der Waals surface area contributed by atoms with Crippen molar-refractivity contribution in [1.82, 2.24) is 15.3 Å². The van der Waals surface area contributed by atoms with Crippen molar-refractivity contribution in [3.63, 3.8) is 0 Å². The molecule has 17 heavy (non-hydrogen) atoms. The standard InChI is InChI=1S/C11H14N4O2/c12-4-10(16)11(17)13-5-7-1-2-8-9(3-7)15-6-14-8/h1-3,6,10,16H,4-5,12H2,(H,13,17)(H,14,15). The summed E-state index contributed by atoms with van der Waals surface area (Å²) < 4.78 is 0. The number of nitrogens with one attached hydrogen (secondary N) is 2. The van der Waals surface area contributed by atoms with E-state index in [4.69, 9.17) is 5.73 Å². The number of fused-ring (bicyclic) bond motifs is 1. The number of nitrogens with two attached hydrogens (primary N) is 1. The summed E-state index contributed by atoms with van der Waals surface area (Å²) in [6, 6.07) is 5.64. The molecule has 0 saturated heterocycles. The van der Waals surface area contributed by atoms with Gasteiger partial charge in [-0.25, -0.2) is 4.98 Å². The molecule has 0 saturated carbocycles. The van der Waals surface area contributed by atoms with Crippen LogP contribution in [0.3, 0.4) is 0 Å². The molecular formula is C11H14N4O2. The van der Waals surface area contributed by atoms with E-state index in [0.717, 1.165) is 16.6 Å². The molecule has 2 aromatic rings. The topological polar surface area (TPSA) is 104 Å². The highest BCUT2D eigenvalue weighted by atomic mass is 16.3. The molecule has 1 amide bonds. The fourth-order valence-electron chi connectivity index (χ4n) is 1.51. The number of aromatic nitrogens is 2. The van der Waals surface area contributed by atoms with E-state index in [1.54, 1.807) is 6.33 Å². The smallest absolute Gasteiger partial charge is 0.250 e. The third-order valence-electron chi connectivity index (χ3n) is 2.48. The molecule has 1 aromatic carbocycles. The third-order valence-corrected chi connectivity index (χ3v) is 2.48. The average Bonchev–Trinajstić information content (AvgIpc) is 2.82. The minimum Gasteiger partial charge on any atom is -0.382 e. The van der Waals surface area contributed by atoms with Gasteiger partial charge in [-0.1, -0.05) is 6.07 Å². The Balaban J connectivity index is 2.01. The lowest BCUT2D eigenvalue weighted by Crippen LogP contribution is -2.38. The van der Waals surface area contributed by atoms with Gasteiger partial charge in [-0.3, -0.25) is 4.79 Å². The first-order valence-corrected chi connectivity index (χ1v) is 5.28. The molecule has 90 valence electrons. The zero-order chi connectivity index (χ0) is 12.3. The van der Waals surface area contributed by atoms with Gasteiger partial charge in [-0.2, -0.15) is 0 Å². The number of aromatic amines is 1. The Hall–Kier alpha value is -1.92. The van der Waals surface area contributed by atoms with Crippen molar-refractivity contribution in [2.24, 2.45) is 5.73 Å². The number of imidazole rings is 1. The number of carbonyl (C=O) groups excluding carboxylic acids is 1. The Morgan fingerprint density at radius 2 is 2.41 bits per heavy atom. The first-order valence-electron chi connectivity index (χ1n) is 5.28. The maximum Gasteiger partial charge on any atom is 0.250 e. The Kier molecular flexibility index (Phi) is 3.36. The normalized spacial score (nSPS) is 12.6. The van der Waals surface area contributed by atoms with Gasteiger partial charge in [0.25, 0.3) is 0 Å². The molecule has 0 aliphatic carbocycles. The number of nitrogens with zero attached hydrogens (tertiary/aromatic N) is 1. The van der Waals surface area contributed by atoms with Gasteiger partial charge in [0, 0.05) is 13.1 Å². The number of rotatable bonds is 4. The fourth-order valence-corrected chi connectivity index (χ4v) is 1.51. The Bertz CT molecular complexity index is 523. The van der Waals surface area contributed by atoms with E-state index in [-0.39, 0.29) is 6.54 Å². The number of H-pyrrole nitrogens is 1. The van der Waals surface area contributed by atoms with E-state index in [1.807, 2.05) is 18.2 Å². The monoisotopic (exact) mass is 234 g/mol. The van der Waals surface area contributed by atoms with E-state index >= 15 is 0 Å². The molecule has 0 aliphatic heterocycles. The Morgan fingerprint density at radius 1 is 1.59 bits per heavy atom. The molecule has 0 radical (unpaired) electrons. The number of benzene rings is 1. The maximum atomic E-state index is 11.3. The van der Waals surface area contributed by atoms with Gasteiger partial charge in [0.15, 0.2) is 0 Å². The van der Waals surface area contributed by atoms with E-state index in [1.165, 1.54) is 0 Å². The molecule has 1 unspecified atom stereocenters. The predicted octanol–water partition coefficient (Wildman–Crippen LogP) is -0.501. The zero-order valence-electron chi connectivity index (χ0n) is 9.18. The van der Waals surface area contributed by atoms with Crippen LogP contribution in [0.5, 0.6) is 0 Å². The van der Waals surface area contributed by atoms with Crippen LogP contribution in [0.2, 0.25) is 0 Å². The van der Waals surface area contributed by atoms with Gasteiger partial charge in [-0.15, -0.1) is 0 Å². The van der Waals surface area contributed by atoms with E-state index in [2.05, 4.69) is 15.3 Å². The van der Waals surface area contributed by atoms with Crippen molar-refractivity contribution in [1.29, 1.82) is 0 Å². The number of hydrogen-bond donors (Lipinski definition) is 4. The van der Waals surface area contributed by atoms with Gasteiger partial charge in [-0.05, 0) is 17.7 Å². The van der Waals surface area contributed by atoms with Crippen LogP contribution in [0.1, 0.15) is 5.56 Å². The number of hydrogen-bond acceptors (Lipinski definition) is 4. The highest BCUT2D eigenvalue weighted by molar-refractivity contribution is 5.81. The lowest BCUT2D eigenvalue weighted by atomic mass is 10.2. The van der Waals surface area contributed by atoms with Crippen molar-refractivity contribution < 1.29 is 9.90 Å². The van der Waals surface area contributed by atoms with Crippen LogP contribution in [-0.2, 0) is 11.3 Å². The third kappa shape index (κ3) is 2.61. The predicted molar refractivity (Wildman–Crippen MR) is 63.0 cm³/mol. The lowest BCUT2D eigenvalue weighted by Gasteiger charge is -2.09. The largest absolute Gasteiger partial charge is 0.382 e. The number of aliphatic hydroxyl groups is 1. The second kappa shape index (κ2) is 4.94. The summed E-state index contributed by atoms with van der Waals surface area (Å²) in [6.45, 7) is 0.274. The molecule has 6 nitrogen and oxygen atoms in total. The molecular weight excluding hydrogens is 220 g/mol. The summed E-state index contributed by atoms with van der Waals surface area (Å²) in [4.78, 5) is 18.4. The van der Waals surface area contributed by atoms with Crippen LogP contribution in [0.25, 0.3) is 11.0 Å². The van der Waals surface area contributed by atoms with Crippen LogP contribution in [0.15, 0.2) is 24.5 Å². The summed E-state index contributed by atoms with van der Waals surface area (Å²) in [5, 5.41) is 11.8. The second-order valence-electron chi connectivity index (χ2n) is 3.72. The maximum absolute atomic E-state index is 11.3. The van der Waals surface area contributed by atoms with Crippen molar-refractivity contribution in [2.75, 3.05) is 6.54 Å². The first kappa shape index (κ1) is 11.6. The number of amides is 1. The van der Waals surface area contributed by atoms with Crippen molar-refractivity contribution in [2.45, 2.75) is 12.6 Å².